The van der Waals surface area contributed by atoms with Crippen molar-refractivity contribution >= 4 is 29.1 Å². The highest BCUT2D eigenvalue weighted by Crippen LogP contribution is 2.60. The lowest BCUT2D eigenvalue weighted by atomic mass is 10.6. The Bertz CT molecular complexity index is 51.7. The summed E-state index contributed by atoms with van der Waals surface area (Å²) in [6.45, 7) is 2.35. The van der Waals surface area contributed by atoms with Crippen LogP contribution in [-0.2, 0) is 0 Å². The maximum atomic E-state index is 2.35. The van der Waals surface area contributed by atoms with Crippen LogP contribution in [0.5, 0.6) is 0 Å². The molecule has 0 aromatic heterocycles. The minimum Gasteiger partial charge on any atom is -0.123 e. The summed E-state index contributed by atoms with van der Waals surface area (Å²) in [5, 5.41) is 0. The number of rotatable bonds is 0. The molecule has 0 nitrogen and oxygen atoms in total. The van der Waals surface area contributed by atoms with E-state index in [9.17, 15) is 0 Å². The van der Waals surface area contributed by atoms with Crippen LogP contribution < -0.4 is 0 Å². The topological polar surface area (TPSA) is 0 Å². The van der Waals surface area contributed by atoms with Crippen LogP contribution in [0, 0.1) is 0 Å². The Morgan fingerprint density at radius 1 is 1.29 bits per heavy atom. The molecule has 0 amide bonds. The Labute approximate surface area is 54.1 Å². The number of hydrogen-bond acceptors (Lipinski definition) is 2. The van der Waals surface area contributed by atoms with Crippen molar-refractivity contribution in [1.29, 1.82) is 0 Å². The van der Waals surface area contributed by atoms with Crippen molar-refractivity contribution < 1.29 is 0 Å². The van der Waals surface area contributed by atoms with Gasteiger partial charge in [0.05, 0.1) is 0 Å². The molecule has 1 heterocycles. The Balaban J connectivity index is 2.12. The van der Waals surface area contributed by atoms with Gasteiger partial charge in [0, 0.05) is 6.33 Å². The molecule has 7 heavy (non-hydrogen) atoms. The molecule has 0 unspecified atom stereocenters. The summed E-state index contributed by atoms with van der Waals surface area (Å²) in [6, 6.07) is 0. The van der Waals surface area contributed by atoms with Crippen LogP contribution in [-0.4, -0.2) is 18.2 Å². The molecule has 0 bridgehead atoms. The third-order valence-electron chi connectivity index (χ3n) is 0.835. The molecule has 42 valence electrons. The number of hydrogen-bond donors (Lipinski definition) is 0. The predicted molar refractivity (Wildman–Crippen MR) is 42.4 cm³/mol. The zero-order valence-electron chi connectivity index (χ0n) is 4.39. The second-order valence-corrected chi connectivity index (χ2v) is 9.20. The Morgan fingerprint density at radius 3 is 2.14 bits per heavy atom. The molecule has 0 atom stereocenters. The lowest BCUT2D eigenvalue weighted by Crippen LogP contribution is -1.85. The van der Waals surface area contributed by atoms with Crippen LogP contribution >= 0.6 is 29.1 Å². The fourth-order valence-electron chi connectivity index (χ4n) is 0.482. The molecule has 0 spiro atoms. The average Bonchev–Trinajstić information content (AvgIpc) is 1.69. The molecule has 0 radical (unpaired) electrons. The molecule has 0 aromatic carbocycles. The van der Waals surface area contributed by atoms with Gasteiger partial charge in [0.15, 0.2) is 0 Å². The van der Waals surface area contributed by atoms with Crippen molar-refractivity contribution in [3.05, 3.63) is 0 Å². The largest absolute Gasteiger partial charge is 0.123 e. The monoisotopic (exact) mass is 152 g/mol. The van der Waals surface area contributed by atoms with E-state index >= 15 is 0 Å². The van der Waals surface area contributed by atoms with Crippen molar-refractivity contribution in [2.45, 2.75) is 6.42 Å². The molecule has 1 saturated heterocycles. The molecule has 0 aromatic rings. The van der Waals surface area contributed by atoms with Gasteiger partial charge < -0.3 is 0 Å². The van der Waals surface area contributed by atoms with Gasteiger partial charge in [0.1, 0.15) is 0 Å². The van der Waals surface area contributed by atoms with Crippen molar-refractivity contribution in [2.24, 2.45) is 0 Å². The van der Waals surface area contributed by atoms with E-state index in [1.165, 1.54) is 17.9 Å². The van der Waals surface area contributed by atoms with Gasteiger partial charge in [0.25, 0.3) is 0 Å². The molecular formula is C4H9PS2. The van der Waals surface area contributed by atoms with Crippen molar-refractivity contribution in [3.8, 4) is 0 Å². The lowest BCUT2D eigenvalue weighted by molar-refractivity contribution is 1.13. The Kier molecular flexibility index (Phi) is 2.87. The summed E-state index contributed by atoms with van der Waals surface area (Å²) >= 11 is 4.29. The molecule has 1 fully saturated rings. The molecule has 1 aliphatic rings. The average molecular weight is 152 g/mol. The lowest BCUT2D eigenvalue weighted by Gasteiger charge is -2.14. The summed E-state index contributed by atoms with van der Waals surface area (Å²) in [7, 11) is 0. The van der Waals surface area contributed by atoms with Gasteiger partial charge in [-0.05, 0) is 24.6 Å². The van der Waals surface area contributed by atoms with Gasteiger partial charge in [-0.3, -0.25) is 0 Å². The molecule has 0 saturated carbocycles. The zero-order chi connectivity index (χ0) is 5.11. The maximum Gasteiger partial charge on any atom is 0.00903 e. The van der Waals surface area contributed by atoms with E-state index in [0.717, 1.165) is 0 Å². The first-order valence-electron chi connectivity index (χ1n) is 2.39. The van der Waals surface area contributed by atoms with Gasteiger partial charge in [-0.25, -0.2) is 0 Å². The smallest absolute Gasteiger partial charge is 0.00903 e. The molecule has 3 heteroatoms. The summed E-state index contributed by atoms with van der Waals surface area (Å²) in [6.07, 6.45) is 1.77. The van der Waals surface area contributed by atoms with E-state index < -0.39 is 0 Å². The standard InChI is InChI=1S/C4H9PS2/c1-5-6-3-2-4-7-5/h2-4H2,1H3. The SMILES string of the molecule is CP1SCCCS1. The van der Waals surface area contributed by atoms with Gasteiger partial charge in [-0.2, -0.15) is 0 Å². The molecule has 0 N–H and O–H groups in total. The second kappa shape index (κ2) is 3.21. The first kappa shape index (κ1) is 6.25. The van der Waals surface area contributed by atoms with E-state index in [0.29, 0.717) is 6.33 Å². The van der Waals surface area contributed by atoms with Crippen LogP contribution in [0.2, 0.25) is 0 Å². The molecular weight excluding hydrogens is 143 g/mol. The minimum atomic E-state index is 0.342. The molecule has 1 aliphatic heterocycles. The molecule has 1 rings (SSSR count). The highest BCUT2D eigenvalue weighted by atomic mass is 33.1. The van der Waals surface area contributed by atoms with Crippen LogP contribution in [0.4, 0.5) is 0 Å². The van der Waals surface area contributed by atoms with Crippen molar-refractivity contribution in [2.75, 3.05) is 18.2 Å². The Morgan fingerprint density at radius 2 is 1.86 bits per heavy atom. The van der Waals surface area contributed by atoms with E-state index in [4.69, 9.17) is 0 Å². The van der Waals surface area contributed by atoms with Gasteiger partial charge >= 0.3 is 0 Å². The summed E-state index contributed by atoms with van der Waals surface area (Å²) in [5.74, 6) is 2.82. The predicted octanol–water partition coefficient (Wildman–Crippen LogP) is 2.80. The maximum absolute atomic E-state index is 2.35. The van der Waals surface area contributed by atoms with Gasteiger partial charge in [-0.1, -0.05) is 0 Å². The van der Waals surface area contributed by atoms with Crippen LogP contribution in [0.1, 0.15) is 6.42 Å². The van der Waals surface area contributed by atoms with Crippen LogP contribution in [0.15, 0.2) is 0 Å². The fourth-order valence-corrected chi connectivity index (χ4v) is 6.35. The third kappa shape index (κ3) is 2.25. The van der Waals surface area contributed by atoms with Crippen LogP contribution in [0.25, 0.3) is 0 Å². The van der Waals surface area contributed by atoms with Gasteiger partial charge in [-0.15, -0.1) is 22.8 Å². The first-order valence-corrected chi connectivity index (χ1v) is 7.36. The van der Waals surface area contributed by atoms with E-state index in [1.54, 1.807) is 0 Å². The van der Waals surface area contributed by atoms with E-state index in [2.05, 4.69) is 29.4 Å². The second-order valence-electron chi connectivity index (χ2n) is 1.46. The highest BCUT2D eigenvalue weighted by molar-refractivity contribution is 8.88. The van der Waals surface area contributed by atoms with Crippen LogP contribution in [0.3, 0.4) is 0 Å². The normalized spacial score (nSPS) is 25.3. The first-order chi connectivity index (χ1) is 3.39. The quantitative estimate of drug-likeness (QED) is 0.489. The summed E-state index contributed by atoms with van der Waals surface area (Å²) in [5.41, 5.74) is 0. The van der Waals surface area contributed by atoms with E-state index in [-0.39, 0.29) is 0 Å². The summed E-state index contributed by atoms with van der Waals surface area (Å²) in [4.78, 5) is 0. The zero-order valence-corrected chi connectivity index (χ0v) is 6.91. The highest BCUT2D eigenvalue weighted by Gasteiger charge is 2.06. The fraction of sp³-hybridized carbons (Fsp3) is 1.00. The van der Waals surface area contributed by atoms with Gasteiger partial charge in [0.2, 0.25) is 0 Å². The summed E-state index contributed by atoms with van der Waals surface area (Å²) < 4.78 is 0. The Hall–Kier alpha value is 1.13. The minimum absolute atomic E-state index is 0.342. The van der Waals surface area contributed by atoms with Crippen molar-refractivity contribution in [1.82, 2.24) is 0 Å². The third-order valence-corrected chi connectivity index (χ3v) is 7.68. The molecule has 0 aliphatic carbocycles. The van der Waals surface area contributed by atoms with E-state index in [1.807, 2.05) is 0 Å². The van der Waals surface area contributed by atoms with Crippen molar-refractivity contribution in [3.63, 3.8) is 0 Å².